The highest BCUT2D eigenvalue weighted by molar-refractivity contribution is 6.16. The second-order valence-electron chi connectivity index (χ2n) is 8.49. The van der Waals surface area contributed by atoms with Crippen LogP contribution in [0.1, 0.15) is 16.7 Å². The van der Waals surface area contributed by atoms with E-state index in [0.29, 0.717) is 0 Å². The molecule has 0 aliphatic rings. The molecule has 0 spiro atoms. The van der Waals surface area contributed by atoms with Gasteiger partial charge in [0, 0.05) is 11.1 Å². The fourth-order valence-corrected chi connectivity index (χ4v) is 4.81. The molecule has 6 rings (SSSR count). The van der Waals surface area contributed by atoms with Crippen molar-refractivity contribution in [3.05, 3.63) is 132 Å². The first kappa shape index (κ1) is 19.4. The SMILES string of the molecule is Cc1ccc2c(-c3ccccc3)c3ccccc3c(C#Cc3cccc4ccccc34)c2c1. The summed E-state index contributed by atoms with van der Waals surface area (Å²) in [5.74, 6) is 7.11. The molecular formula is C33H22. The van der Waals surface area contributed by atoms with E-state index in [1.807, 2.05) is 0 Å². The molecule has 0 aliphatic heterocycles. The number of hydrogen-bond donors (Lipinski definition) is 0. The summed E-state index contributed by atoms with van der Waals surface area (Å²) in [6.07, 6.45) is 0. The molecule has 33 heavy (non-hydrogen) atoms. The zero-order valence-electron chi connectivity index (χ0n) is 18.5. The van der Waals surface area contributed by atoms with Crippen LogP contribution in [0.25, 0.3) is 43.4 Å². The van der Waals surface area contributed by atoms with Crippen molar-refractivity contribution in [3.63, 3.8) is 0 Å². The summed E-state index contributed by atoms with van der Waals surface area (Å²) >= 11 is 0. The second kappa shape index (κ2) is 7.97. The van der Waals surface area contributed by atoms with Crippen LogP contribution in [0.4, 0.5) is 0 Å². The van der Waals surface area contributed by atoms with Crippen LogP contribution < -0.4 is 0 Å². The van der Waals surface area contributed by atoms with Crippen molar-refractivity contribution in [3.8, 4) is 23.0 Å². The molecule has 0 amide bonds. The molecule has 0 nitrogen and oxygen atoms in total. The van der Waals surface area contributed by atoms with Crippen molar-refractivity contribution >= 4 is 32.3 Å². The first-order valence-corrected chi connectivity index (χ1v) is 11.3. The van der Waals surface area contributed by atoms with E-state index in [9.17, 15) is 0 Å². The van der Waals surface area contributed by atoms with Gasteiger partial charge in [0.05, 0.1) is 0 Å². The smallest absolute Gasteiger partial charge is 0.0406 e. The molecule has 0 heterocycles. The summed E-state index contributed by atoms with van der Waals surface area (Å²) in [5.41, 5.74) is 5.90. The molecule has 154 valence electrons. The van der Waals surface area contributed by atoms with Crippen molar-refractivity contribution in [2.75, 3.05) is 0 Å². The fourth-order valence-electron chi connectivity index (χ4n) is 4.81. The van der Waals surface area contributed by atoms with E-state index >= 15 is 0 Å². The summed E-state index contributed by atoms with van der Waals surface area (Å²) in [5, 5.41) is 7.30. The van der Waals surface area contributed by atoms with E-state index in [2.05, 4.69) is 134 Å². The Labute approximate surface area is 194 Å². The van der Waals surface area contributed by atoms with E-state index in [1.165, 1.54) is 49.0 Å². The van der Waals surface area contributed by atoms with Crippen LogP contribution in [-0.4, -0.2) is 0 Å². The van der Waals surface area contributed by atoms with Gasteiger partial charge in [-0.2, -0.15) is 0 Å². The van der Waals surface area contributed by atoms with Gasteiger partial charge in [-0.1, -0.05) is 127 Å². The maximum absolute atomic E-state index is 3.60. The average molecular weight is 419 g/mol. The molecule has 0 heteroatoms. The normalized spacial score (nSPS) is 10.9. The molecule has 6 aromatic carbocycles. The number of aryl methyl sites for hydroxylation is 1. The van der Waals surface area contributed by atoms with Crippen molar-refractivity contribution in [2.24, 2.45) is 0 Å². The lowest BCUT2D eigenvalue weighted by molar-refractivity contribution is 1.50. The zero-order chi connectivity index (χ0) is 22.2. The minimum absolute atomic E-state index is 1.06. The average Bonchev–Trinajstić information content (AvgIpc) is 2.87. The molecule has 0 fully saturated rings. The van der Waals surface area contributed by atoms with Crippen LogP contribution >= 0.6 is 0 Å². The Kier molecular flexibility index (Phi) is 4.68. The third kappa shape index (κ3) is 3.36. The summed E-state index contributed by atoms with van der Waals surface area (Å²) in [6.45, 7) is 2.15. The standard InChI is InChI=1S/C33H22/c1-23-18-20-31-32(22-23)29(21-19-25-14-9-13-24-10-5-6-15-27(24)25)28-16-7-8-17-30(28)33(31)26-11-3-2-4-12-26/h2-18,20,22H,1H3. The van der Waals surface area contributed by atoms with Crippen LogP contribution in [0.3, 0.4) is 0 Å². The molecule has 0 aromatic heterocycles. The highest BCUT2D eigenvalue weighted by Crippen LogP contribution is 2.39. The van der Waals surface area contributed by atoms with E-state index in [-0.39, 0.29) is 0 Å². The highest BCUT2D eigenvalue weighted by Gasteiger charge is 2.14. The number of fused-ring (bicyclic) bond motifs is 3. The van der Waals surface area contributed by atoms with Gasteiger partial charge in [0.2, 0.25) is 0 Å². The van der Waals surface area contributed by atoms with Gasteiger partial charge in [-0.25, -0.2) is 0 Å². The predicted molar refractivity (Wildman–Crippen MR) is 142 cm³/mol. The molecule has 6 aromatic rings. The van der Waals surface area contributed by atoms with Gasteiger partial charge in [0.1, 0.15) is 0 Å². The molecule has 0 saturated heterocycles. The Morgan fingerprint density at radius 3 is 2.00 bits per heavy atom. The van der Waals surface area contributed by atoms with Gasteiger partial charge < -0.3 is 0 Å². The number of hydrogen-bond acceptors (Lipinski definition) is 0. The summed E-state index contributed by atoms with van der Waals surface area (Å²) in [7, 11) is 0. The van der Waals surface area contributed by atoms with E-state index in [4.69, 9.17) is 0 Å². The Morgan fingerprint density at radius 1 is 0.485 bits per heavy atom. The Balaban J connectivity index is 1.70. The first-order chi connectivity index (χ1) is 16.3. The maximum Gasteiger partial charge on any atom is 0.0406 e. The first-order valence-electron chi connectivity index (χ1n) is 11.3. The van der Waals surface area contributed by atoms with Gasteiger partial charge >= 0.3 is 0 Å². The van der Waals surface area contributed by atoms with E-state index in [0.717, 1.165) is 11.1 Å². The Bertz CT molecular complexity index is 1710. The molecule has 0 saturated carbocycles. The van der Waals surface area contributed by atoms with Gasteiger partial charge in [-0.15, -0.1) is 0 Å². The largest absolute Gasteiger partial charge is 0.0622 e. The predicted octanol–water partition coefficient (Wildman–Crippen LogP) is 8.52. The van der Waals surface area contributed by atoms with Crippen molar-refractivity contribution in [1.29, 1.82) is 0 Å². The lowest BCUT2D eigenvalue weighted by Crippen LogP contribution is -1.91. The number of rotatable bonds is 1. The fraction of sp³-hybridized carbons (Fsp3) is 0.0303. The summed E-state index contributed by atoms with van der Waals surface area (Å²) in [4.78, 5) is 0. The van der Waals surface area contributed by atoms with Crippen LogP contribution in [0.5, 0.6) is 0 Å². The zero-order valence-corrected chi connectivity index (χ0v) is 18.5. The summed E-state index contributed by atoms with van der Waals surface area (Å²) < 4.78 is 0. The molecule has 0 bridgehead atoms. The Hall–Kier alpha value is -4.34. The van der Waals surface area contributed by atoms with Crippen LogP contribution in [-0.2, 0) is 0 Å². The topological polar surface area (TPSA) is 0 Å². The van der Waals surface area contributed by atoms with Crippen molar-refractivity contribution < 1.29 is 0 Å². The molecule has 0 atom stereocenters. The van der Waals surface area contributed by atoms with E-state index < -0.39 is 0 Å². The van der Waals surface area contributed by atoms with Crippen LogP contribution in [0, 0.1) is 18.8 Å². The van der Waals surface area contributed by atoms with Gasteiger partial charge in [-0.05, 0) is 56.4 Å². The van der Waals surface area contributed by atoms with Gasteiger partial charge in [-0.3, -0.25) is 0 Å². The third-order valence-corrected chi connectivity index (χ3v) is 6.35. The maximum atomic E-state index is 3.60. The monoisotopic (exact) mass is 418 g/mol. The van der Waals surface area contributed by atoms with Gasteiger partial charge in [0.25, 0.3) is 0 Å². The lowest BCUT2D eigenvalue weighted by atomic mass is 9.88. The Morgan fingerprint density at radius 2 is 1.15 bits per heavy atom. The second-order valence-corrected chi connectivity index (χ2v) is 8.49. The molecule has 0 radical (unpaired) electrons. The lowest BCUT2D eigenvalue weighted by Gasteiger charge is -2.15. The highest BCUT2D eigenvalue weighted by atomic mass is 14.2. The van der Waals surface area contributed by atoms with Crippen molar-refractivity contribution in [2.45, 2.75) is 6.92 Å². The summed E-state index contributed by atoms with van der Waals surface area (Å²) in [6, 6.07) is 40.9. The molecule has 0 N–H and O–H groups in total. The quantitative estimate of drug-likeness (QED) is 0.185. The minimum atomic E-state index is 1.06. The third-order valence-electron chi connectivity index (χ3n) is 6.35. The molecule has 0 unspecified atom stereocenters. The van der Waals surface area contributed by atoms with Gasteiger partial charge in [0.15, 0.2) is 0 Å². The minimum Gasteiger partial charge on any atom is -0.0622 e. The van der Waals surface area contributed by atoms with Crippen LogP contribution in [0.2, 0.25) is 0 Å². The molecular weight excluding hydrogens is 396 g/mol. The van der Waals surface area contributed by atoms with Crippen molar-refractivity contribution in [1.82, 2.24) is 0 Å². The molecule has 0 aliphatic carbocycles. The number of benzene rings is 6. The van der Waals surface area contributed by atoms with Crippen LogP contribution in [0.15, 0.2) is 115 Å². The van der Waals surface area contributed by atoms with E-state index in [1.54, 1.807) is 0 Å².